The average Bonchev–Trinajstić information content (AvgIpc) is 3.16. The Hall–Kier alpha value is -5.32. The first-order valence-electron chi connectivity index (χ1n) is 11.3. The lowest BCUT2D eigenvalue weighted by Crippen LogP contribution is -2.36. The minimum absolute atomic E-state index is 0.0111. The molecule has 4 amide bonds. The Morgan fingerprint density at radius 1 is 0.658 bits per heavy atom. The van der Waals surface area contributed by atoms with Crippen LogP contribution < -0.4 is 10.6 Å². The molecule has 0 aromatic heterocycles. The molecule has 3 aromatic carbocycles. The van der Waals surface area contributed by atoms with Gasteiger partial charge in [-0.25, -0.2) is 4.79 Å². The van der Waals surface area contributed by atoms with Crippen LogP contribution in [-0.4, -0.2) is 60.2 Å². The molecule has 0 spiro atoms. The van der Waals surface area contributed by atoms with Crippen molar-refractivity contribution in [2.75, 3.05) is 30.4 Å². The van der Waals surface area contributed by atoms with E-state index in [1.165, 1.54) is 12.1 Å². The Kier molecular flexibility index (Phi) is 7.87. The van der Waals surface area contributed by atoms with Gasteiger partial charge in [-0.05, 0) is 42.5 Å². The van der Waals surface area contributed by atoms with Crippen LogP contribution in [0.3, 0.4) is 0 Å². The van der Waals surface area contributed by atoms with E-state index in [1.807, 2.05) is 0 Å². The zero-order valence-corrected chi connectivity index (χ0v) is 19.8. The highest BCUT2D eigenvalue weighted by Gasteiger charge is 2.37. The van der Waals surface area contributed by atoms with E-state index in [2.05, 4.69) is 10.6 Å². The monoisotopic (exact) mass is 515 g/mol. The van der Waals surface area contributed by atoms with E-state index in [1.54, 1.807) is 60.7 Å². The Morgan fingerprint density at radius 2 is 1.18 bits per heavy atom. The van der Waals surface area contributed by atoms with Crippen LogP contribution in [0.2, 0.25) is 0 Å². The van der Waals surface area contributed by atoms with Gasteiger partial charge in [-0.3, -0.25) is 28.9 Å². The minimum Gasteiger partial charge on any atom is -0.454 e. The highest BCUT2D eigenvalue weighted by molar-refractivity contribution is 6.22. The maximum atomic E-state index is 12.8. The van der Waals surface area contributed by atoms with E-state index in [4.69, 9.17) is 9.47 Å². The molecule has 0 unspecified atom stereocenters. The normalized spacial score (nSPS) is 11.9. The largest absolute Gasteiger partial charge is 0.454 e. The summed E-state index contributed by atoms with van der Waals surface area (Å²) in [6.07, 6.45) is 0. The summed E-state index contributed by atoms with van der Waals surface area (Å²) >= 11 is 0. The van der Waals surface area contributed by atoms with Gasteiger partial charge in [-0.1, -0.05) is 36.4 Å². The summed E-state index contributed by atoms with van der Waals surface area (Å²) in [6.45, 7) is -1.89. The third-order valence-corrected chi connectivity index (χ3v) is 5.31. The summed E-state index contributed by atoms with van der Waals surface area (Å²) in [4.78, 5) is 74.6. The zero-order chi connectivity index (χ0) is 27.1. The van der Waals surface area contributed by atoms with Gasteiger partial charge >= 0.3 is 11.9 Å². The Balaban J connectivity index is 1.30. The third-order valence-electron chi connectivity index (χ3n) is 5.31. The second kappa shape index (κ2) is 11.6. The number of rotatable bonds is 9. The molecule has 0 aliphatic carbocycles. The molecular weight excluding hydrogens is 494 g/mol. The minimum atomic E-state index is -0.966. The van der Waals surface area contributed by atoms with Crippen molar-refractivity contribution in [3.05, 3.63) is 95.6 Å². The predicted octanol–water partition coefficient (Wildman–Crippen LogP) is 2.26. The van der Waals surface area contributed by atoms with Crippen molar-refractivity contribution >= 4 is 46.9 Å². The molecule has 0 saturated heterocycles. The van der Waals surface area contributed by atoms with E-state index >= 15 is 0 Å². The number of imide groups is 1. The molecule has 2 N–H and O–H groups in total. The summed E-state index contributed by atoms with van der Waals surface area (Å²) in [6, 6.07) is 20.8. The van der Waals surface area contributed by atoms with E-state index in [0.717, 1.165) is 6.07 Å². The van der Waals surface area contributed by atoms with Gasteiger partial charge < -0.3 is 20.1 Å². The summed E-state index contributed by atoms with van der Waals surface area (Å²) in [5.74, 6) is -4.55. The predicted molar refractivity (Wildman–Crippen MR) is 133 cm³/mol. The van der Waals surface area contributed by atoms with Crippen LogP contribution in [0.4, 0.5) is 11.4 Å². The molecule has 1 aliphatic rings. The van der Waals surface area contributed by atoms with Crippen LogP contribution in [0.5, 0.6) is 0 Å². The van der Waals surface area contributed by atoms with E-state index in [9.17, 15) is 28.8 Å². The molecule has 0 bridgehead atoms. The van der Waals surface area contributed by atoms with Gasteiger partial charge in [0.1, 0.15) is 6.54 Å². The fraction of sp³-hybridized carbons (Fsp3) is 0.111. The first kappa shape index (κ1) is 25.8. The quantitative estimate of drug-likeness (QED) is 0.326. The first-order valence-corrected chi connectivity index (χ1v) is 11.3. The van der Waals surface area contributed by atoms with Gasteiger partial charge in [0.15, 0.2) is 13.2 Å². The van der Waals surface area contributed by atoms with Crippen molar-refractivity contribution in [3.63, 3.8) is 0 Å². The number of carbonyl (C=O) groups is 6. The van der Waals surface area contributed by atoms with Gasteiger partial charge in [0, 0.05) is 11.4 Å². The lowest BCUT2D eigenvalue weighted by atomic mass is 10.1. The highest BCUT2D eigenvalue weighted by Crippen LogP contribution is 2.24. The Morgan fingerprint density at radius 3 is 1.76 bits per heavy atom. The third kappa shape index (κ3) is 6.26. The van der Waals surface area contributed by atoms with Gasteiger partial charge in [0.25, 0.3) is 23.6 Å². The van der Waals surface area contributed by atoms with Crippen LogP contribution in [0.15, 0.2) is 78.9 Å². The summed E-state index contributed by atoms with van der Waals surface area (Å²) in [5, 5.41) is 5.10. The highest BCUT2D eigenvalue weighted by atomic mass is 16.5. The molecule has 0 saturated carbocycles. The maximum Gasteiger partial charge on any atom is 0.338 e. The van der Waals surface area contributed by atoms with Crippen LogP contribution >= 0.6 is 0 Å². The van der Waals surface area contributed by atoms with Gasteiger partial charge in [0.2, 0.25) is 0 Å². The number of nitrogens with one attached hydrogen (secondary N) is 2. The lowest BCUT2D eigenvalue weighted by Gasteiger charge is -2.13. The maximum absolute atomic E-state index is 12.8. The molecule has 192 valence electrons. The van der Waals surface area contributed by atoms with Crippen LogP contribution in [0.25, 0.3) is 0 Å². The SMILES string of the molecule is O=C(COC(=O)CN1C(=O)c2ccc(C(=O)OCC(=O)Nc3ccccc3)cc2C1=O)Nc1ccccc1. The van der Waals surface area contributed by atoms with Crippen LogP contribution in [0, 0.1) is 0 Å². The van der Waals surface area contributed by atoms with E-state index in [0.29, 0.717) is 16.3 Å². The smallest absolute Gasteiger partial charge is 0.338 e. The topological polar surface area (TPSA) is 148 Å². The first-order chi connectivity index (χ1) is 18.3. The summed E-state index contributed by atoms with van der Waals surface area (Å²) in [7, 11) is 0. The van der Waals surface area contributed by atoms with Gasteiger partial charge in [-0.15, -0.1) is 0 Å². The van der Waals surface area contributed by atoms with Crippen molar-refractivity contribution in [3.8, 4) is 0 Å². The summed E-state index contributed by atoms with van der Waals surface area (Å²) in [5.41, 5.74) is 0.876. The molecule has 1 aliphatic heterocycles. The number of carbonyl (C=O) groups excluding carboxylic acids is 6. The number of hydrogen-bond acceptors (Lipinski definition) is 8. The van der Waals surface area contributed by atoms with Crippen LogP contribution in [0.1, 0.15) is 31.1 Å². The molecule has 38 heavy (non-hydrogen) atoms. The van der Waals surface area contributed by atoms with Gasteiger partial charge in [-0.2, -0.15) is 0 Å². The Bertz CT molecular complexity index is 1410. The standard InChI is InChI=1S/C27H21N3O8/c31-22(28-18-7-3-1-4-8-18)15-37-24(33)14-30-25(34)20-12-11-17(13-21(20)26(30)35)27(36)38-16-23(32)29-19-9-5-2-6-10-19/h1-13H,14-16H2,(H,28,31)(H,29,32). The van der Waals surface area contributed by atoms with Gasteiger partial charge in [0.05, 0.1) is 16.7 Å². The molecular formula is C27H21N3O8. The molecule has 1 heterocycles. The number of amides is 4. The van der Waals surface area contributed by atoms with E-state index < -0.39 is 55.3 Å². The fourth-order valence-corrected chi connectivity index (χ4v) is 3.53. The molecule has 0 radical (unpaired) electrons. The number of anilines is 2. The number of ether oxygens (including phenoxy) is 2. The van der Waals surface area contributed by atoms with Crippen molar-refractivity contribution in [1.82, 2.24) is 4.90 Å². The number of benzene rings is 3. The number of esters is 2. The van der Waals surface area contributed by atoms with Crippen molar-refractivity contribution in [2.24, 2.45) is 0 Å². The van der Waals surface area contributed by atoms with Crippen molar-refractivity contribution in [2.45, 2.75) is 0 Å². The second-order valence-corrected chi connectivity index (χ2v) is 8.02. The Labute approximate surface area is 216 Å². The zero-order valence-electron chi connectivity index (χ0n) is 19.8. The fourth-order valence-electron chi connectivity index (χ4n) is 3.53. The van der Waals surface area contributed by atoms with Crippen LogP contribution in [-0.2, 0) is 23.9 Å². The number of nitrogens with zero attached hydrogens (tertiary/aromatic N) is 1. The second-order valence-electron chi connectivity index (χ2n) is 8.02. The number of para-hydroxylation sites is 2. The number of hydrogen-bond donors (Lipinski definition) is 2. The number of fused-ring (bicyclic) bond motifs is 1. The average molecular weight is 515 g/mol. The van der Waals surface area contributed by atoms with Crippen molar-refractivity contribution in [1.29, 1.82) is 0 Å². The molecule has 3 aromatic rings. The molecule has 0 atom stereocenters. The summed E-state index contributed by atoms with van der Waals surface area (Å²) < 4.78 is 9.88. The molecule has 11 heteroatoms. The van der Waals surface area contributed by atoms with E-state index in [-0.39, 0.29) is 16.7 Å². The molecule has 0 fully saturated rings. The molecule has 11 nitrogen and oxygen atoms in total. The lowest BCUT2D eigenvalue weighted by molar-refractivity contribution is -0.147. The van der Waals surface area contributed by atoms with Crippen molar-refractivity contribution < 1.29 is 38.2 Å². The molecule has 4 rings (SSSR count).